The zero-order valence-corrected chi connectivity index (χ0v) is 21.7. The Bertz CT molecular complexity index is 896. The van der Waals surface area contributed by atoms with Gasteiger partial charge in [0.05, 0.1) is 15.8 Å². The second-order valence-electron chi connectivity index (χ2n) is 7.38. The van der Waals surface area contributed by atoms with Crippen LogP contribution < -0.4 is 5.32 Å². The summed E-state index contributed by atoms with van der Waals surface area (Å²) in [5.74, 6) is 0.728. The number of nitrogens with one attached hydrogen (secondary N) is 1. The van der Waals surface area contributed by atoms with Crippen molar-refractivity contribution in [3.63, 3.8) is 0 Å². The normalized spacial score (nSPS) is 12.8. The number of nitrogens with zero attached hydrogens (tertiary/aromatic N) is 1. The number of amides is 2. The molecule has 31 heavy (non-hydrogen) atoms. The van der Waals surface area contributed by atoms with Crippen LogP contribution in [0.4, 0.5) is 0 Å². The third-order valence-corrected chi connectivity index (χ3v) is 7.17. The molecule has 168 valence electrons. The zero-order valence-electron chi connectivity index (χ0n) is 17.8. The van der Waals surface area contributed by atoms with Gasteiger partial charge in [-0.1, -0.05) is 64.3 Å². The minimum Gasteiger partial charge on any atom is -0.352 e. The van der Waals surface area contributed by atoms with E-state index < -0.39 is 6.04 Å². The Hall–Kier alpha value is -1.21. The van der Waals surface area contributed by atoms with Gasteiger partial charge >= 0.3 is 0 Å². The van der Waals surface area contributed by atoms with Crippen LogP contribution in [-0.2, 0) is 21.9 Å². The molecule has 8 heteroatoms. The quantitative estimate of drug-likeness (QED) is 0.380. The van der Waals surface area contributed by atoms with Gasteiger partial charge in [-0.25, -0.2) is 0 Å². The van der Waals surface area contributed by atoms with Crippen molar-refractivity contribution in [1.29, 1.82) is 0 Å². The molecule has 0 bridgehead atoms. The fourth-order valence-corrected chi connectivity index (χ4v) is 4.26. The van der Waals surface area contributed by atoms with E-state index in [9.17, 15) is 9.59 Å². The van der Waals surface area contributed by atoms with Crippen molar-refractivity contribution < 1.29 is 9.59 Å². The molecular formula is C23H27BrCl2N2O2S. The van der Waals surface area contributed by atoms with Crippen molar-refractivity contribution in [2.24, 2.45) is 0 Å². The fourth-order valence-electron chi connectivity index (χ4n) is 2.80. The second kappa shape index (κ2) is 12.7. The maximum absolute atomic E-state index is 13.1. The predicted molar refractivity (Wildman–Crippen MR) is 135 cm³/mol. The minimum absolute atomic E-state index is 0.0451. The molecule has 0 aliphatic carbocycles. The SMILES string of the molecule is CCC(C)NC(=O)C(C)N(Cc1ccc(Cl)c(Cl)c1)C(=O)CSCc1ccc(Br)cc1. The summed E-state index contributed by atoms with van der Waals surface area (Å²) in [6.07, 6.45) is 0.822. The van der Waals surface area contributed by atoms with Gasteiger partial charge in [-0.05, 0) is 55.7 Å². The van der Waals surface area contributed by atoms with Crippen LogP contribution >= 0.6 is 50.9 Å². The van der Waals surface area contributed by atoms with E-state index in [1.165, 1.54) is 11.8 Å². The van der Waals surface area contributed by atoms with Gasteiger partial charge in [-0.15, -0.1) is 11.8 Å². The lowest BCUT2D eigenvalue weighted by atomic mass is 10.1. The van der Waals surface area contributed by atoms with Gasteiger partial charge in [0.1, 0.15) is 6.04 Å². The topological polar surface area (TPSA) is 49.4 Å². The molecule has 2 amide bonds. The zero-order chi connectivity index (χ0) is 23.0. The van der Waals surface area contributed by atoms with Crippen LogP contribution in [0.15, 0.2) is 46.9 Å². The van der Waals surface area contributed by atoms with Crippen molar-refractivity contribution >= 4 is 62.7 Å². The van der Waals surface area contributed by atoms with Crippen molar-refractivity contribution in [2.75, 3.05) is 5.75 Å². The summed E-state index contributed by atoms with van der Waals surface area (Å²) in [6, 6.07) is 12.7. The first-order valence-electron chi connectivity index (χ1n) is 10.1. The smallest absolute Gasteiger partial charge is 0.242 e. The summed E-state index contributed by atoms with van der Waals surface area (Å²) < 4.78 is 1.02. The third kappa shape index (κ3) is 8.33. The molecule has 0 aliphatic heterocycles. The van der Waals surface area contributed by atoms with E-state index in [4.69, 9.17) is 23.2 Å². The molecule has 0 aromatic heterocycles. The summed E-state index contributed by atoms with van der Waals surface area (Å²) >= 11 is 17.1. The lowest BCUT2D eigenvalue weighted by Crippen LogP contribution is -2.50. The number of carbonyl (C=O) groups is 2. The first-order valence-corrected chi connectivity index (χ1v) is 12.8. The van der Waals surface area contributed by atoms with E-state index in [2.05, 4.69) is 21.2 Å². The van der Waals surface area contributed by atoms with Crippen LogP contribution in [0.2, 0.25) is 10.0 Å². The molecule has 2 unspecified atom stereocenters. The Morgan fingerprint density at radius 1 is 1.06 bits per heavy atom. The highest BCUT2D eigenvalue weighted by Gasteiger charge is 2.26. The van der Waals surface area contributed by atoms with Crippen molar-refractivity contribution in [3.8, 4) is 0 Å². The molecule has 0 saturated heterocycles. The van der Waals surface area contributed by atoms with E-state index in [1.807, 2.05) is 44.2 Å². The monoisotopic (exact) mass is 544 g/mol. The summed E-state index contributed by atoms with van der Waals surface area (Å²) in [7, 11) is 0. The van der Waals surface area contributed by atoms with E-state index >= 15 is 0 Å². The number of carbonyl (C=O) groups excluding carboxylic acids is 2. The molecule has 2 aromatic rings. The molecule has 4 nitrogen and oxygen atoms in total. The largest absolute Gasteiger partial charge is 0.352 e. The van der Waals surface area contributed by atoms with Crippen LogP contribution in [-0.4, -0.2) is 34.6 Å². The number of hydrogen-bond donors (Lipinski definition) is 1. The first kappa shape index (κ1) is 26.0. The standard InChI is InChI=1S/C23H27BrCl2N2O2S/c1-4-15(2)27-23(30)16(3)28(12-18-7-10-20(25)21(26)11-18)22(29)14-31-13-17-5-8-19(24)9-6-17/h5-11,15-16H,4,12-14H2,1-3H3,(H,27,30). The molecule has 2 rings (SSSR count). The van der Waals surface area contributed by atoms with Crippen molar-refractivity contribution in [3.05, 3.63) is 68.1 Å². The molecule has 0 spiro atoms. The van der Waals surface area contributed by atoms with E-state index in [0.717, 1.165) is 22.0 Å². The van der Waals surface area contributed by atoms with Crippen LogP contribution in [0.1, 0.15) is 38.3 Å². The van der Waals surface area contributed by atoms with E-state index in [1.54, 1.807) is 24.0 Å². The lowest BCUT2D eigenvalue weighted by Gasteiger charge is -2.29. The fraction of sp³-hybridized carbons (Fsp3) is 0.391. The van der Waals surface area contributed by atoms with Gasteiger partial charge in [0, 0.05) is 22.8 Å². The number of thioether (sulfide) groups is 1. The number of benzene rings is 2. The highest BCUT2D eigenvalue weighted by Crippen LogP contribution is 2.24. The van der Waals surface area contributed by atoms with Gasteiger partial charge in [0.25, 0.3) is 0 Å². The highest BCUT2D eigenvalue weighted by atomic mass is 79.9. The van der Waals surface area contributed by atoms with Gasteiger partial charge in [-0.3, -0.25) is 9.59 Å². The van der Waals surface area contributed by atoms with Crippen LogP contribution in [0.5, 0.6) is 0 Å². The van der Waals surface area contributed by atoms with Gasteiger partial charge < -0.3 is 10.2 Å². The maximum Gasteiger partial charge on any atom is 0.242 e. The Balaban J connectivity index is 2.10. The maximum atomic E-state index is 13.1. The Kier molecular flexibility index (Phi) is 10.7. The van der Waals surface area contributed by atoms with Crippen molar-refractivity contribution in [1.82, 2.24) is 10.2 Å². The highest BCUT2D eigenvalue weighted by molar-refractivity contribution is 9.10. The summed E-state index contributed by atoms with van der Waals surface area (Å²) in [5.41, 5.74) is 1.96. The molecular weight excluding hydrogens is 519 g/mol. The van der Waals surface area contributed by atoms with Gasteiger partial charge in [0.2, 0.25) is 11.8 Å². The molecule has 0 heterocycles. The summed E-state index contributed by atoms with van der Waals surface area (Å²) in [4.78, 5) is 27.4. The molecule has 0 fully saturated rings. The average Bonchev–Trinajstić information content (AvgIpc) is 2.75. The molecule has 0 radical (unpaired) electrons. The first-order chi connectivity index (χ1) is 14.7. The molecule has 2 atom stereocenters. The molecule has 0 aliphatic rings. The molecule has 2 aromatic carbocycles. The van der Waals surface area contributed by atoms with E-state index in [0.29, 0.717) is 15.8 Å². The van der Waals surface area contributed by atoms with Crippen LogP contribution in [0.3, 0.4) is 0 Å². The summed E-state index contributed by atoms with van der Waals surface area (Å²) in [6.45, 7) is 5.99. The molecule has 0 saturated carbocycles. The Morgan fingerprint density at radius 2 is 1.71 bits per heavy atom. The van der Waals surface area contributed by atoms with Gasteiger partial charge in [-0.2, -0.15) is 0 Å². The summed E-state index contributed by atoms with van der Waals surface area (Å²) in [5, 5.41) is 3.85. The Morgan fingerprint density at radius 3 is 2.32 bits per heavy atom. The van der Waals surface area contributed by atoms with Crippen LogP contribution in [0.25, 0.3) is 0 Å². The second-order valence-corrected chi connectivity index (χ2v) is 10.1. The number of rotatable bonds is 10. The third-order valence-electron chi connectivity index (χ3n) is 4.91. The molecule has 1 N–H and O–H groups in total. The van der Waals surface area contributed by atoms with Gasteiger partial charge in [0.15, 0.2) is 0 Å². The van der Waals surface area contributed by atoms with Crippen LogP contribution in [0, 0.1) is 0 Å². The average molecular weight is 546 g/mol. The Labute approximate surface area is 207 Å². The predicted octanol–water partition coefficient (Wildman–Crippen LogP) is 6.32. The van der Waals surface area contributed by atoms with E-state index in [-0.39, 0.29) is 30.2 Å². The lowest BCUT2D eigenvalue weighted by molar-refractivity contribution is -0.138. The number of hydrogen-bond acceptors (Lipinski definition) is 3. The number of halogens is 3. The minimum atomic E-state index is -0.607. The van der Waals surface area contributed by atoms with Crippen molar-refractivity contribution in [2.45, 2.75) is 51.6 Å².